The van der Waals surface area contributed by atoms with Gasteiger partial charge < -0.3 is 9.32 Å². The first-order valence-corrected chi connectivity index (χ1v) is 10.7. The Bertz CT molecular complexity index is 1170. The SMILES string of the molecule is CN(C)c1ccc(/C=N\N=C2\S/C(=C\c3ccc(F)cc3)C(=O)N2Cc2ccco2)cc1. The number of carbonyl (C=O) groups excluding carboxylic acids is 1. The molecular formula is C24H21FN4O2S. The lowest BCUT2D eigenvalue weighted by Gasteiger charge is -2.12. The second kappa shape index (κ2) is 9.65. The van der Waals surface area contributed by atoms with Gasteiger partial charge in [-0.3, -0.25) is 9.69 Å². The minimum absolute atomic E-state index is 0.208. The van der Waals surface area contributed by atoms with Crippen molar-refractivity contribution in [3.63, 3.8) is 0 Å². The van der Waals surface area contributed by atoms with Crippen LogP contribution >= 0.6 is 11.8 Å². The lowest BCUT2D eigenvalue weighted by atomic mass is 10.2. The Kier molecular flexibility index (Phi) is 6.51. The van der Waals surface area contributed by atoms with Gasteiger partial charge in [0.1, 0.15) is 11.6 Å². The molecule has 3 aromatic rings. The van der Waals surface area contributed by atoms with Gasteiger partial charge in [-0.25, -0.2) is 4.39 Å². The van der Waals surface area contributed by atoms with Gasteiger partial charge in [-0.1, -0.05) is 24.3 Å². The maximum Gasteiger partial charge on any atom is 0.267 e. The summed E-state index contributed by atoms with van der Waals surface area (Å²) in [5, 5.41) is 8.93. The van der Waals surface area contributed by atoms with Crippen LogP contribution in [-0.4, -0.2) is 36.3 Å². The van der Waals surface area contributed by atoms with Crippen molar-refractivity contribution in [2.45, 2.75) is 6.54 Å². The van der Waals surface area contributed by atoms with Crippen LogP contribution in [0.4, 0.5) is 10.1 Å². The van der Waals surface area contributed by atoms with E-state index in [2.05, 4.69) is 10.2 Å². The lowest BCUT2D eigenvalue weighted by molar-refractivity contribution is -0.122. The van der Waals surface area contributed by atoms with Crippen molar-refractivity contribution in [2.24, 2.45) is 10.2 Å². The van der Waals surface area contributed by atoms with Gasteiger partial charge >= 0.3 is 0 Å². The second-order valence-electron chi connectivity index (χ2n) is 7.25. The third-order valence-corrected chi connectivity index (χ3v) is 5.71. The molecule has 8 heteroatoms. The zero-order valence-electron chi connectivity index (χ0n) is 17.6. The van der Waals surface area contributed by atoms with E-state index in [1.807, 2.05) is 43.3 Å². The molecule has 2 heterocycles. The Balaban J connectivity index is 1.58. The third kappa shape index (κ3) is 5.15. The van der Waals surface area contributed by atoms with Gasteiger partial charge in [0.05, 0.1) is 23.9 Å². The molecule has 0 spiro atoms. The van der Waals surface area contributed by atoms with Crippen molar-refractivity contribution in [3.05, 3.63) is 94.5 Å². The average Bonchev–Trinajstić information content (AvgIpc) is 3.40. The van der Waals surface area contributed by atoms with E-state index in [0.29, 0.717) is 15.8 Å². The normalized spacial score (nSPS) is 16.6. The van der Waals surface area contributed by atoms with E-state index < -0.39 is 0 Å². The Hall–Kier alpha value is -3.65. The number of nitrogens with zero attached hydrogens (tertiary/aromatic N) is 4. The van der Waals surface area contributed by atoms with Gasteiger partial charge in [0.2, 0.25) is 0 Å². The molecule has 1 aromatic heterocycles. The van der Waals surface area contributed by atoms with Crippen LogP contribution in [0.5, 0.6) is 0 Å². The molecule has 0 saturated carbocycles. The molecule has 0 aliphatic carbocycles. The lowest BCUT2D eigenvalue weighted by Crippen LogP contribution is -2.28. The molecule has 0 radical (unpaired) electrons. The molecule has 1 amide bonds. The van der Waals surface area contributed by atoms with Crippen LogP contribution in [0.25, 0.3) is 6.08 Å². The van der Waals surface area contributed by atoms with E-state index in [-0.39, 0.29) is 18.3 Å². The Morgan fingerprint density at radius 3 is 2.44 bits per heavy atom. The summed E-state index contributed by atoms with van der Waals surface area (Å²) >= 11 is 1.22. The summed E-state index contributed by atoms with van der Waals surface area (Å²) in [5.74, 6) is 0.102. The first-order chi connectivity index (χ1) is 15.5. The molecule has 0 bridgehead atoms. The summed E-state index contributed by atoms with van der Waals surface area (Å²) in [6.45, 7) is 0.242. The van der Waals surface area contributed by atoms with E-state index in [9.17, 15) is 9.18 Å². The van der Waals surface area contributed by atoms with Crippen LogP contribution in [0.3, 0.4) is 0 Å². The number of thioether (sulfide) groups is 1. The molecule has 4 rings (SSSR count). The highest BCUT2D eigenvalue weighted by Crippen LogP contribution is 2.33. The Morgan fingerprint density at radius 1 is 1.06 bits per heavy atom. The van der Waals surface area contributed by atoms with Gasteiger partial charge in [-0.2, -0.15) is 5.10 Å². The summed E-state index contributed by atoms with van der Waals surface area (Å²) in [7, 11) is 3.96. The van der Waals surface area contributed by atoms with E-state index in [1.54, 1.807) is 42.8 Å². The molecule has 1 saturated heterocycles. The van der Waals surface area contributed by atoms with Gasteiger partial charge in [0, 0.05) is 19.8 Å². The number of amides is 1. The zero-order valence-corrected chi connectivity index (χ0v) is 18.4. The molecule has 6 nitrogen and oxygen atoms in total. The third-order valence-electron chi connectivity index (χ3n) is 4.71. The Labute approximate surface area is 189 Å². The first-order valence-electron chi connectivity index (χ1n) is 9.87. The fourth-order valence-electron chi connectivity index (χ4n) is 2.99. The number of anilines is 1. The highest BCUT2D eigenvalue weighted by Gasteiger charge is 2.34. The molecule has 1 aliphatic heterocycles. The van der Waals surface area contributed by atoms with Gasteiger partial charge in [0.15, 0.2) is 5.17 Å². The van der Waals surface area contributed by atoms with Crippen LogP contribution in [0.1, 0.15) is 16.9 Å². The Morgan fingerprint density at radius 2 is 1.78 bits per heavy atom. The number of hydrogen-bond acceptors (Lipinski definition) is 6. The minimum atomic E-state index is -0.327. The second-order valence-corrected chi connectivity index (χ2v) is 8.26. The quantitative estimate of drug-likeness (QED) is 0.303. The fourth-order valence-corrected chi connectivity index (χ4v) is 3.93. The van der Waals surface area contributed by atoms with E-state index >= 15 is 0 Å². The molecule has 0 unspecified atom stereocenters. The molecule has 2 aromatic carbocycles. The number of furan rings is 1. The number of carbonyl (C=O) groups is 1. The number of amidine groups is 1. The van der Waals surface area contributed by atoms with Gasteiger partial charge in [0.25, 0.3) is 5.91 Å². The summed E-state index contributed by atoms with van der Waals surface area (Å²) in [6.07, 6.45) is 4.92. The largest absolute Gasteiger partial charge is 0.467 e. The molecule has 0 atom stereocenters. The number of benzene rings is 2. The molecule has 32 heavy (non-hydrogen) atoms. The standard InChI is InChI=1S/C24H21FN4O2S/c1-28(2)20-11-7-18(8-12-20)15-26-27-24-29(16-21-4-3-13-31-21)23(30)22(32-24)14-17-5-9-19(25)10-6-17/h3-15H,16H2,1-2H3/b22-14-,26-15-,27-24+. The maximum absolute atomic E-state index is 13.2. The van der Waals surface area contributed by atoms with Crippen LogP contribution < -0.4 is 4.90 Å². The summed E-state index contributed by atoms with van der Waals surface area (Å²) in [6, 6.07) is 17.4. The minimum Gasteiger partial charge on any atom is -0.467 e. The monoisotopic (exact) mass is 448 g/mol. The van der Waals surface area contributed by atoms with E-state index in [4.69, 9.17) is 4.42 Å². The predicted molar refractivity (Wildman–Crippen MR) is 127 cm³/mol. The maximum atomic E-state index is 13.2. The van der Waals surface area contributed by atoms with Crippen molar-refractivity contribution >= 4 is 40.8 Å². The molecule has 1 aliphatic rings. The topological polar surface area (TPSA) is 61.4 Å². The van der Waals surface area contributed by atoms with Crippen molar-refractivity contribution < 1.29 is 13.6 Å². The first kappa shape index (κ1) is 21.6. The van der Waals surface area contributed by atoms with Crippen molar-refractivity contribution in [1.82, 2.24) is 4.90 Å². The van der Waals surface area contributed by atoms with Crippen LogP contribution in [0.2, 0.25) is 0 Å². The molecule has 0 N–H and O–H groups in total. The van der Waals surface area contributed by atoms with Crippen LogP contribution in [0.15, 0.2) is 86.5 Å². The van der Waals surface area contributed by atoms with Gasteiger partial charge in [-0.05, 0) is 65.4 Å². The van der Waals surface area contributed by atoms with Crippen molar-refractivity contribution in [1.29, 1.82) is 0 Å². The number of hydrogen-bond donors (Lipinski definition) is 0. The van der Waals surface area contributed by atoms with E-state index in [1.165, 1.54) is 28.8 Å². The summed E-state index contributed by atoms with van der Waals surface area (Å²) < 4.78 is 18.6. The van der Waals surface area contributed by atoms with Crippen molar-refractivity contribution in [2.75, 3.05) is 19.0 Å². The fraction of sp³-hybridized carbons (Fsp3) is 0.125. The van der Waals surface area contributed by atoms with Gasteiger partial charge in [-0.15, -0.1) is 5.10 Å². The number of halogens is 1. The smallest absolute Gasteiger partial charge is 0.267 e. The summed E-state index contributed by atoms with van der Waals surface area (Å²) in [4.78, 5) is 17.0. The molecule has 162 valence electrons. The van der Waals surface area contributed by atoms with E-state index in [0.717, 1.165) is 16.8 Å². The summed E-state index contributed by atoms with van der Waals surface area (Å²) in [5.41, 5.74) is 2.71. The van der Waals surface area contributed by atoms with Crippen molar-refractivity contribution in [3.8, 4) is 0 Å². The van der Waals surface area contributed by atoms with Crippen LogP contribution in [0, 0.1) is 5.82 Å². The highest BCUT2D eigenvalue weighted by molar-refractivity contribution is 8.18. The van der Waals surface area contributed by atoms with Crippen LogP contribution in [-0.2, 0) is 11.3 Å². The number of rotatable bonds is 6. The zero-order chi connectivity index (χ0) is 22.5. The molecule has 1 fully saturated rings. The predicted octanol–water partition coefficient (Wildman–Crippen LogP) is 4.99. The highest BCUT2D eigenvalue weighted by atomic mass is 32.2. The molecular weight excluding hydrogens is 427 g/mol. The average molecular weight is 449 g/mol.